The van der Waals surface area contributed by atoms with E-state index in [2.05, 4.69) is 35.9 Å². The Morgan fingerprint density at radius 3 is 2.32 bits per heavy atom. The molecular formula is C17H26N2O3. The van der Waals surface area contributed by atoms with Crippen LogP contribution in [0.3, 0.4) is 0 Å². The van der Waals surface area contributed by atoms with E-state index in [1.54, 1.807) is 19.9 Å². The summed E-state index contributed by atoms with van der Waals surface area (Å²) in [6.45, 7) is 8.63. The van der Waals surface area contributed by atoms with Crippen molar-refractivity contribution < 1.29 is 14.6 Å². The first-order chi connectivity index (χ1) is 10.5. The Labute approximate surface area is 133 Å². The van der Waals surface area contributed by atoms with Gasteiger partial charge in [-0.1, -0.05) is 32.6 Å². The maximum atomic E-state index is 9.64. The molecule has 0 radical (unpaired) electrons. The van der Waals surface area contributed by atoms with Crippen molar-refractivity contribution in [1.82, 2.24) is 10.2 Å². The Balaban J connectivity index is 2.89. The molecule has 5 heteroatoms. The van der Waals surface area contributed by atoms with Gasteiger partial charge in [-0.15, -0.1) is 10.2 Å². The van der Waals surface area contributed by atoms with Crippen molar-refractivity contribution in [3.05, 3.63) is 11.8 Å². The van der Waals surface area contributed by atoms with Gasteiger partial charge in [0.05, 0.1) is 13.2 Å². The number of hydrogen-bond acceptors (Lipinski definition) is 5. The highest BCUT2D eigenvalue weighted by Gasteiger charge is 2.11. The number of unbranched alkanes of at least 4 members (excludes halogenated alkanes) is 2. The third-order valence-corrected chi connectivity index (χ3v) is 2.72. The molecule has 0 amide bonds. The van der Waals surface area contributed by atoms with Crippen LogP contribution in [0.2, 0.25) is 0 Å². The Bertz CT molecular complexity index is 513. The van der Waals surface area contributed by atoms with Crippen molar-refractivity contribution in [2.24, 2.45) is 0 Å². The molecule has 1 heterocycles. The topological polar surface area (TPSA) is 64.5 Å². The van der Waals surface area contributed by atoms with Crippen molar-refractivity contribution in [3.8, 4) is 23.5 Å². The highest BCUT2D eigenvalue weighted by Crippen LogP contribution is 2.24. The van der Waals surface area contributed by atoms with Gasteiger partial charge in [-0.3, -0.25) is 0 Å². The SMILES string of the molecule is CCCCOc1cc(C#CC(C)(C)O)nnc1OCCCC. The van der Waals surface area contributed by atoms with Gasteiger partial charge in [0, 0.05) is 6.07 Å². The van der Waals surface area contributed by atoms with Crippen LogP contribution in [-0.2, 0) is 0 Å². The lowest BCUT2D eigenvalue weighted by Crippen LogP contribution is -2.14. The van der Waals surface area contributed by atoms with Crippen LogP contribution in [0.5, 0.6) is 11.6 Å². The van der Waals surface area contributed by atoms with Gasteiger partial charge in [0.15, 0.2) is 5.75 Å². The summed E-state index contributed by atoms with van der Waals surface area (Å²) in [6, 6.07) is 1.71. The van der Waals surface area contributed by atoms with Crippen molar-refractivity contribution in [1.29, 1.82) is 0 Å². The van der Waals surface area contributed by atoms with E-state index in [1.807, 2.05) is 0 Å². The van der Waals surface area contributed by atoms with Crippen molar-refractivity contribution in [2.75, 3.05) is 13.2 Å². The van der Waals surface area contributed by atoms with E-state index in [1.165, 1.54) is 0 Å². The zero-order chi connectivity index (χ0) is 16.4. The minimum Gasteiger partial charge on any atom is -0.488 e. The summed E-state index contributed by atoms with van der Waals surface area (Å²) in [5.74, 6) is 6.47. The minimum absolute atomic E-state index is 0.401. The third-order valence-electron chi connectivity index (χ3n) is 2.72. The van der Waals surface area contributed by atoms with Crippen LogP contribution >= 0.6 is 0 Å². The van der Waals surface area contributed by atoms with E-state index in [4.69, 9.17) is 9.47 Å². The average Bonchev–Trinajstić information content (AvgIpc) is 2.46. The molecule has 1 rings (SSSR count). The second-order valence-electron chi connectivity index (χ2n) is 5.61. The number of rotatable bonds is 8. The van der Waals surface area contributed by atoms with Crippen molar-refractivity contribution in [3.63, 3.8) is 0 Å². The molecule has 0 aliphatic carbocycles. The number of aliphatic hydroxyl groups is 1. The van der Waals surface area contributed by atoms with E-state index in [-0.39, 0.29) is 0 Å². The van der Waals surface area contributed by atoms with Gasteiger partial charge < -0.3 is 14.6 Å². The van der Waals surface area contributed by atoms with Crippen LogP contribution in [0.15, 0.2) is 6.07 Å². The largest absolute Gasteiger partial charge is 0.488 e. The Morgan fingerprint density at radius 2 is 1.73 bits per heavy atom. The fourth-order valence-corrected chi connectivity index (χ4v) is 1.48. The van der Waals surface area contributed by atoms with Gasteiger partial charge in [-0.2, -0.15) is 0 Å². The van der Waals surface area contributed by atoms with Crippen LogP contribution in [0.25, 0.3) is 0 Å². The summed E-state index contributed by atoms with van der Waals surface area (Å²) in [7, 11) is 0. The zero-order valence-electron chi connectivity index (χ0n) is 14.0. The molecule has 122 valence electrons. The summed E-state index contributed by atoms with van der Waals surface area (Å²) < 4.78 is 11.3. The van der Waals surface area contributed by atoms with Crippen LogP contribution in [0.1, 0.15) is 59.1 Å². The lowest BCUT2D eigenvalue weighted by molar-refractivity contribution is 0.143. The van der Waals surface area contributed by atoms with Crippen LogP contribution in [0, 0.1) is 11.8 Å². The standard InChI is InChI=1S/C17H26N2O3/c1-5-7-11-21-15-13-14(9-10-17(3,4)20)18-19-16(15)22-12-8-6-2/h13,20H,5-8,11-12H2,1-4H3. The first-order valence-corrected chi connectivity index (χ1v) is 7.85. The maximum Gasteiger partial charge on any atom is 0.276 e. The Hall–Kier alpha value is -1.80. The summed E-state index contributed by atoms with van der Waals surface area (Å²) in [5.41, 5.74) is -0.613. The molecule has 0 aromatic carbocycles. The van der Waals surface area contributed by atoms with Gasteiger partial charge in [0.1, 0.15) is 11.3 Å². The van der Waals surface area contributed by atoms with Crippen molar-refractivity contribution in [2.45, 2.75) is 59.0 Å². The molecule has 0 unspecified atom stereocenters. The smallest absolute Gasteiger partial charge is 0.276 e. The Kier molecular flexibility index (Phi) is 7.69. The normalized spacial score (nSPS) is 10.8. The molecule has 0 aliphatic rings. The van der Waals surface area contributed by atoms with E-state index < -0.39 is 5.60 Å². The lowest BCUT2D eigenvalue weighted by Gasteiger charge is -2.11. The number of nitrogens with zero attached hydrogens (tertiary/aromatic N) is 2. The quantitative estimate of drug-likeness (QED) is 0.591. The minimum atomic E-state index is -1.07. The number of aromatic nitrogens is 2. The summed E-state index contributed by atoms with van der Waals surface area (Å²) in [5, 5.41) is 17.7. The molecule has 5 nitrogen and oxygen atoms in total. The van der Waals surface area contributed by atoms with Gasteiger partial charge in [-0.25, -0.2) is 0 Å². The summed E-state index contributed by atoms with van der Waals surface area (Å²) in [4.78, 5) is 0. The predicted molar refractivity (Wildman–Crippen MR) is 86.0 cm³/mol. The molecule has 0 fully saturated rings. The van der Waals surface area contributed by atoms with Crippen LogP contribution < -0.4 is 9.47 Å². The molecule has 1 N–H and O–H groups in total. The molecule has 1 aromatic rings. The van der Waals surface area contributed by atoms with E-state index in [0.717, 1.165) is 25.7 Å². The predicted octanol–water partition coefficient (Wildman–Crippen LogP) is 2.96. The summed E-state index contributed by atoms with van der Waals surface area (Å²) in [6.07, 6.45) is 4.02. The Morgan fingerprint density at radius 1 is 1.09 bits per heavy atom. The fourth-order valence-electron chi connectivity index (χ4n) is 1.48. The first-order valence-electron chi connectivity index (χ1n) is 7.85. The zero-order valence-corrected chi connectivity index (χ0v) is 14.0. The number of hydrogen-bond donors (Lipinski definition) is 1. The van der Waals surface area contributed by atoms with Gasteiger partial charge in [-0.05, 0) is 32.6 Å². The third kappa shape index (κ3) is 7.28. The molecule has 0 spiro atoms. The van der Waals surface area contributed by atoms with Crippen LogP contribution in [0.4, 0.5) is 0 Å². The molecule has 0 bridgehead atoms. The molecule has 0 saturated heterocycles. The molecule has 22 heavy (non-hydrogen) atoms. The van der Waals surface area contributed by atoms with E-state index in [0.29, 0.717) is 30.5 Å². The molecule has 1 aromatic heterocycles. The fraction of sp³-hybridized carbons (Fsp3) is 0.647. The van der Waals surface area contributed by atoms with E-state index in [9.17, 15) is 5.11 Å². The molecular weight excluding hydrogens is 280 g/mol. The van der Waals surface area contributed by atoms with E-state index >= 15 is 0 Å². The number of ether oxygens (including phenoxy) is 2. The van der Waals surface area contributed by atoms with Gasteiger partial charge in [0.25, 0.3) is 5.88 Å². The molecule has 0 aliphatic heterocycles. The maximum absolute atomic E-state index is 9.64. The summed E-state index contributed by atoms with van der Waals surface area (Å²) >= 11 is 0. The average molecular weight is 306 g/mol. The van der Waals surface area contributed by atoms with Gasteiger partial charge >= 0.3 is 0 Å². The van der Waals surface area contributed by atoms with Crippen LogP contribution in [-0.4, -0.2) is 34.1 Å². The molecule has 0 atom stereocenters. The second-order valence-corrected chi connectivity index (χ2v) is 5.61. The first kappa shape index (κ1) is 18.2. The lowest BCUT2D eigenvalue weighted by atomic mass is 10.1. The van der Waals surface area contributed by atoms with Gasteiger partial charge in [0.2, 0.25) is 0 Å². The second kappa shape index (κ2) is 9.26. The highest BCUT2D eigenvalue weighted by atomic mass is 16.5. The van der Waals surface area contributed by atoms with Crippen molar-refractivity contribution >= 4 is 0 Å². The highest BCUT2D eigenvalue weighted by molar-refractivity contribution is 5.40. The monoisotopic (exact) mass is 306 g/mol. The molecule has 0 saturated carbocycles.